The second-order valence-electron chi connectivity index (χ2n) is 13.3. The number of benzene rings is 1. The Morgan fingerprint density at radius 1 is 0.923 bits per heavy atom. The Balaban J connectivity index is 1.17. The van der Waals surface area contributed by atoms with Gasteiger partial charge in [-0.2, -0.15) is 0 Å². The lowest BCUT2D eigenvalue weighted by Crippen LogP contribution is -2.44. The summed E-state index contributed by atoms with van der Waals surface area (Å²) in [5.74, 6) is 3.88. The summed E-state index contributed by atoms with van der Waals surface area (Å²) in [6.45, 7) is 2.33. The molecule has 1 atom stereocenters. The van der Waals surface area contributed by atoms with Gasteiger partial charge in [-0.15, -0.1) is 0 Å². The zero-order valence-electron chi connectivity index (χ0n) is 24.6. The predicted molar refractivity (Wildman–Crippen MR) is 165 cm³/mol. The van der Waals surface area contributed by atoms with Gasteiger partial charge in [-0.05, 0) is 110 Å². The molecule has 0 amide bonds. The van der Waals surface area contributed by atoms with Crippen LogP contribution in [0.25, 0.3) is 6.08 Å². The first kappa shape index (κ1) is 28.5. The van der Waals surface area contributed by atoms with E-state index in [4.69, 9.17) is 16.2 Å². The van der Waals surface area contributed by atoms with Crippen LogP contribution in [0.5, 0.6) is 5.75 Å². The van der Waals surface area contributed by atoms with Gasteiger partial charge in [0.15, 0.2) is 0 Å². The van der Waals surface area contributed by atoms with E-state index >= 15 is 0 Å². The van der Waals surface area contributed by atoms with E-state index in [9.17, 15) is 0 Å². The van der Waals surface area contributed by atoms with Crippen LogP contribution in [0.2, 0.25) is 0 Å². The monoisotopic (exact) mass is 530 g/mol. The molecule has 0 bridgehead atoms. The molecule has 0 radical (unpaired) electrons. The summed E-state index contributed by atoms with van der Waals surface area (Å²) in [5, 5.41) is 0. The molecule has 39 heavy (non-hydrogen) atoms. The molecule has 4 aliphatic rings. The summed E-state index contributed by atoms with van der Waals surface area (Å²) in [5.41, 5.74) is 15.9. The molecule has 1 aromatic carbocycles. The van der Waals surface area contributed by atoms with E-state index in [0.29, 0.717) is 11.5 Å². The van der Waals surface area contributed by atoms with E-state index in [1.54, 1.807) is 0 Å². The van der Waals surface area contributed by atoms with E-state index in [1.165, 1.54) is 109 Å². The van der Waals surface area contributed by atoms with Crippen LogP contribution in [-0.4, -0.2) is 12.1 Å². The fourth-order valence-electron chi connectivity index (χ4n) is 8.72. The molecule has 0 aromatic heterocycles. The molecule has 5 rings (SSSR count). The maximum absolute atomic E-state index is 6.59. The highest BCUT2D eigenvalue weighted by molar-refractivity contribution is 5.63. The number of hydrogen-bond donors (Lipinski definition) is 2. The van der Waals surface area contributed by atoms with Crippen molar-refractivity contribution in [1.29, 1.82) is 0 Å². The highest BCUT2D eigenvalue weighted by Gasteiger charge is 2.47. The van der Waals surface area contributed by atoms with Gasteiger partial charge in [-0.25, -0.2) is 0 Å². The second-order valence-corrected chi connectivity index (χ2v) is 13.3. The summed E-state index contributed by atoms with van der Waals surface area (Å²) in [7, 11) is 0. The average Bonchev–Trinajstić information content (AvgIpc) is 2.97. The Hall–Kier alpha value is -2.00. The lowest BCUT2D eigenvalue weighted by molar-refractivity contribution is -0.0328. The number of nitrogens with two attached hydrogens (primary N) is 2. The van der Waals surface area contributed by atoms with Gasteiger partial charge in [0.2, 0.25) is 0 Å². The Kier molecular flexibility index (Phi) is 9.93. The van der Waals surface area contributed by atoms with Gasteiger partial charge in [-0.3, -0.25) is 0 Å². The van der Waals surface area contributed by atoms with Crippen LogP contribution in [-0.2, 0) is 0 Å². The number of ether oxygens (including phenoxy) is 1. The summed E-state index contributed by atoms with van der Waals surface area (Å²) >= 11 is 0. The summed E-state index contributed by atoms with van der Waals surface area (Å²) < 4.78 is 6.59. The smallest absolute Gasteiger partial charge is 0.120 e. The SMILES string of the molecule is CCCCCC1CCC(C2(C3CCC(Oc4cccc(C=C5C(N)=CC=CC5N)c4)CC3)CCCCC2)CC1. The van der Waals surface area contributed by atoms with E-state index in [0.717, 1.165) is 40.3 Å². The third-order valence-electron chi connectivity index (χ3n) is 10.9. The third-order valence-corrected chi connectivity index (χ3v) is 10.9. The summed E-state index contributed by atoms with van der Waals surface area (Å²) in [6.07, 6.45) is 32.5. The lowest BCUT2D eigenvalue weighted by atomic mass is 9.53. The fraction of sp³-hybridized carbons (Fsp3) is 0.667. The van der Waals surface area contributed by atoms with E-state index in [-0.39, 0.29) is 6.04 Å². The van der Waals surface area contributed by atoms with Gasteiger partial charge in [0.1, 0.15) is 5.75 Å². The maximum Gasteiger partial charge on any atom is 0.120 e. The highest BCUT2D eigenvalue weighted by Crippen LogP contribution is 2.57. The van der Waals surface area contributed by atoms with Crippen LogP contribution in [0.15, 0.2) is 53.8 Å². The number of unbranched alkanes of at least 4 members (excludes halogenated alkanes) is 2. The van der Waals surface area contributed by atoms with Crippen LogP contribution in [0.3, 0.4) is 0 Å². The Morgan fingerprint density at radius 3 is 2.33 bits per heavy atom. The molecule has 0 aliphatic heterocycles. The minimum atomic E-state index is -0.155. The van der Waals surface area contributed by atoms with Crippen molar-refractivity contribution in [3.63, 3.8) is 0 Å². The van der Waals surface area contributed by atoms with E-state index < -0.39 is 0 Å². The van der Waals surface area contributed by atoms with Gasteiger partial charge in [0.25, 0.3) is 0 Å². The number of allylic oxidation sites excluding steroid dienone is 2. The van der Waals surface area contributed by atoms with Gasteiger partial charge in [-0.1, -0.05) is 89.0 Å². The van der Waals surface area contributed by atoms with Crippen LogP contribution in [0, 0.1) is 23.2 Å². The largest absolute Gasteiger partial charge is 0.490 e. The predicted octanol–water partition coefficient (Wildman–Crippen LogP) is 9.08. The molecule has 0 heterocycles. The highest BCUT2D eigenvalue weighted by atomic mass is 16.5. The standard InChI is InChI=1S/C36H54N2O/c1-2-3-5-10-27-15-17-29(18-16-27)36(23-6-4-7-24-36)30-19-21-31(22-20-30)39-32-12-8-11-28(25-32)26-33-34(37)13-9-14-35(33)38/h8-9,11-14,25-27,29-31,34H,2-7,10,15-24,37-38H2,1H3. The zero-order valence-corrected chi connectivity index (χ0v) is 24.6. The normalized spacial score (nSPS) is 32.1. The molecule has 3 nitrogen and oxygen atoms in total. The van der Waals surface area contributed by atoms with Crippen molar-refractivity contribution in [2.24, 2.45) is 34.6 Å². The van der Waals surface area contributed by atoms with Gasteiger partial charge < -0.3 is 16.2 Å². The summed E-state index contributed by atoms with van der Waals surface area (Å²) in [6, 6.07) is 8.31. The Morgan fingerprint density at radius 2 is 1.64 bits per heavy atom. The molecule has 1 unspecified atom stereocenters. The molecule has 4 N–H and O–H groups in total. The Bertz CT molecular complexity index is 1000. The number of hydrogen-bond acceptors (Lipinski definition) is 3. The van der Waals surface area contributed by atoms with Crippen molar-refractivity contribution < 1.29 is 4.74 Å². The molecule has 3 saturated carbocycles. The fourth-order valence-corrected chi connectivity index (χ4v) is 8.72. The van der Waals surface area contributed by atoms with Crippen LogP contribution in [0.1, 0.15) is 122 Å². The quantitative estimate of drug-likeness (QED) is 0.313. The maximum atomic E-state index is 6.59. The van der Waals surface area contributed by atoms with Crippen molar-refractivity contribution >= 4 is 6.08 Å². The molecule has 214 valence electrons. The molecule has 3 heteroatoms. The van der Waals surface area contributed by atoms with Gasteiger partial charge in [0.05, 0.1) is 12.1 Å². The minimum Gasteiger partial charge on any atom is -0.490 e. The molecular formula is C36H54N2O. The average molecular weight is 531 g/mol. The van der Waals surface area contributed by atoms with Crippen LogP contribution in [0.4, 0.5) is 0 Å². The van der Waals surface area contributed by atoms with E-state index in [1.807, 2.05) is 18.2 Å². The van der Waals surface area contributed by atoms with Crippen molar-refractivity contribution in [3.05, 3.63) is 59.3 Å². The molecule has 4 aliphatic carbocycles. The second kappa shape index (κ2) is 13.6. The van der Waals surface area contributed by atoms with Crippen LogP contribution < -0.4 is 16.2 Å². The van der Waals surface area contributed by atoms with Crippen molar-refractivity contribution in [3.8, 4) is 5.75 Å². The van der Waals surface area contributed by atoms with Crippen molar-refractivity contribution in [2.45, 2.75) is 128 Å². The minimum absolute atomic E-state index is 0.155. The van der Waals surface area contributed by atoms with E-state index in [2.05, 4.69) is 37.3 Å². The van der Waals surface area contributed by atoms with Crippen molar-refractivity contribution in [2.75, 3.05) is 0 Å². The van der Waals surface area contributed by atoms with Crippen molar-refractivity contribution in [1.82, 2.24) is 0 Å². The molecular weight excluding hydrogens is 476 g/mol. The summed E-state index contributed by atoms with van der Waals surface area (Å²) in [4.78, 5) is 0. The first-order valence-corrected chi connectivity index (χ1v) is 16.5. The first-order valence-electron chi connectivity index (χ1n) is 16.5. The zero-order chi connectivity index (χ0) is 27.1. The molecule has 0 saturated heterocycles. The Labute approximate surface area is 238 Å². The van der Waals surface area contributed by atoms with Crippen LogP contribution >= 0.6 is 0 Å². The molecule has 0 spiro atoms. The third kappa shape index (κ3) is 7.02. The number of rotatable bonds is 9. The molecule has 3 fully saturated rings. The van der Waals surface area contributed by atoms with Gasteiger partial charge >= 0.3 is 0 Å². The lowest BCUT2D eigenvalue weighted by Gasteiger charge is -2.53. The topological polar surface area (TPSA) is 61.3 Å². The van der Waals surface area contributed by atoms with Gasteiger partial charge in [0, 0.05) is 5.70 Å². The first-order chi connectivity index (χ1) is 19.1. The molecule has 1 aromatic rings.